The molecule has 23 heavy (non-hydrogen) atoms. The molecule has 0 fully saturated rings. The first-order valence-corrected chi connectivity index (χ1v) is 8.02. The number of hydrogen-bond donors (Lipinski definition) is 1. The quantitative estimate of drug-likeness (QED) is 0.844. The number of aryl methyl sites for hydroxylation is 2. The molecule has 1 aromatic rings. The number of hydrogen-bond acceptors (Lipinski definition) is 3. The number of carboxylic acids is 1. The molecule has 0 saturated heterocycles. The van der Waals surface area contributed by atoms with Crippen molar-refractivity contribution >= 4 is 11.9 Å². The molecule has 126 valence electrons. The van der Waals surface area contributed by atoms with E-state index in [-0.39, 0.29) is 5.91 Å². The van der Waals surface area contributed by atoms with Gasteiger partial charge < -0.3 is 10.0 Å². The molecule has 0 spiro atoms. The maximum atomic E-state index is 12.7. The molecule has 1 N–H and O–H groups in total. The first-order valence-electron chi connectivity index (χ1n) is 8.02. The maximum Gasteiger partial charge on any atom is 0.307 e. The summed E-state index contributed by atoms with van der Waals surface area (Å²) in [5.74, 6) is -2.11. The predicted molar refractivity (Wildman–Crippen MR) is 86.8 cm³/mol. The average Bonchev–Trinajstić information content (AvgIpc) is 2.81. The molecule has 1 heterocycles. The van der Waals surface area contributed by atoms with Crippen LogP contribution in [0.1, 0.15) is 36.7 Å². The van der Waals surface area contributed by atoms with Crippen LogP contribution < -0.4 is 0 Å². The highest BCUT2D eigenvalue weighted by molar-refractivity contribution is 5.85. The number of carbonyl (C=O) groups excluding carboxylic acids is 1. The number of aromatic nitrogens is 2. The average molecular weight is 319 g/mol. The second-order valence-electron chi connectivity index (χ2n) is 6.15. The van der Waals surface area contributed by atoms with Crippen molar-refractivity contribution in [1.29, 1.82) is 0 Å². The molecule has 1 aromatic heterocycles. The van der Waals surface area contributed by atoms with Crippen LogP contribution in [0.5, 0.6) is 0 Å². The highest BCUT2D eigenvalue weighted by Crippen LogP contribution is 2.28. The molecule has 6 heteroatoms. The molecule has 0 bridgehead atoms. The molecule has 0 aliphatic heterocycles. The Morgan fingerprint density at radius 2 is 1.91 bits per heavy atom. The number of carboxylic acid groups (broad SMARTS) is 1. The Balaban J connectivity index is 2.15. The topological polar surface area (TPSA) is 75.4 Å². The normalized spacial score (nSPS) is 20.5. The van der Waals surface area contributed by atoms with Gasteiger partial charge in [-0.3, -0.25) is 14.3 Å². The molecule has 2 unspecified atom stereocenters. The summed E-state index contributed by atoms with van der Waals surface area (Å²) >= 11 is 0. The summed E-state index contributed by atoms with van der Waals surface area (Å²) in [5, 5.41) is 13.8. The van der Waals surface area contributed by atoms with Crippen LogP contribution in [0.15, 0.2) is 12.2 Å². The highest BCUT2D eigenvalue weighted by atomic mass is 16.4. The monoisotopic (exact) mass is 319 g/mol. The van der Waals surface area contributed by atoms with Gasteiger partial charge in [-0.05, 0) is 33.6 Å². The van der Waals surface area contributed by atoms with Crippen LogP contribution in [-0.4, -0.2) is 38.7 Å². The standard InChI is InChI=1S/C17H25N3O3/c1-5-20-12(3)15(11(2)18-20)10-19(4)16(21)13-8-6-7-9-14(13)17(22)23/h6-7,13-14H,5,8-10H2,1-4H3,(H,22,23). The number of nitrogens with zero attached hydrogens (tertiary/aromatic N) is 3. The van der Waals surface area contributed by atoms with Gasteiger partial charge in [0.1, 0.15) is 0 Å². The fraction of sp³-hybridized carbons (Fsp3) is 0.588. The van der Waals surface area contributed by atoms with Gasteiger partial charge >= 0.3 is 5.97 Å². The van der Waals surface area contributed by atoms with Gasteiger partial charge in [-0.15, -0.1) is 0 Å². The lowest BCUT2D eigenvalue weighted by Gasteiger charge is -2.28. The number of aliphatic carboxylic acids is 1. The van der Waals surface area contributed by atoms with E-state index < -0.39 is 17.8 Å². The molecule has 0 saturated carbocycles. The Labute approximate surface area is 136 Å². The fourth-order valence-corrected chi connectivity index (χ4v) is 3.23. The number of allylic oxidation sites excluding steroid dienone is 2. The van der Waals surface area contributed by atoms with E-state index in [2.05, 4.69) is 5.10 Å². The minimum absolute atomic E-state index is 0.107. The van der Waals surface area contributed by atoms with E-state index >= 15 is 0 Å². The van der Waals surface area contributed by atoms with Crippen molar-refractivity contribution in [1.82, 2.24) is 14.7 Å². The lowest BCUT2D eigenvalue weighted by Crippen LogP contribution is -2.39. The van der Waals surface area contributed by atoms with Gasteiger partial charge in [0.05, 0.1) is 17.5 Å². The largest absolute Gasteiger partial charge is 0.481 e. The van der Waals surface area contributed by atoms with Crippen LogP contribution in [-0.2, 0) is 22.7 Å². The number of rotatable bonds is 5. The fourth-order valence-electron chi connectivity index (χ4n) is 3.23. The summed E-state index contributed by atoms with van der Waals surface area (Å²) in [4.78, 5) is 25.7. The SMILES string of the molecule is CCn1nc(C)c(CN(C)C(=O)C2CC=CCC2C(=O)O)c1C. The smallest absolute Gasteiger partial charge is 0.307 e. The maximum absolute atomic E-state index is 12.7. The summed E-state index contributed by atoms with van der Waals surface area (Å²) in [6, 6.07) is 0. The minimum Gasteiger partial charge on any atom is -0.481 e. The Hall–Kier alpha value is -2.11. The molecule has 6 nitrogen and oxygen atoms in total. The Morgan fingerprint density at radius 3 is 2.43 bits per heavy atom. The van der Waals surface area contributed by atoms with E-state index in [1.807, 2.05) is 37.6 Å². The van der Waals surface area contributed by atoms with E-state index in [1.165, 1.54) is 0 Å². The zero-order valence-corrected chi connectivity index (χ0v) is 14.2. The summed E-state index contributed by atoms with van der Waals surface area (Å²) in [5.41, 5.74) is 3.02. The van der Waals surface area contributed by atoms with Crippen molar-refractivity contribution in [2.45, 2.75) is 46.7 Å². The van der Waals surface area contributed by atoms with Crippen molar-refractivity contribution in [3.05, 3.63) is 29.1 Å². The second-order valence-corrected chi connectivity index (χ2v) is 6.15. The van der Waals surface area contributed by atoms with Gasteiger partial charge in [0.2, 0.25) is 5.91 Å². The Morgan fingerprint density at radius 1 is 1.30 bits per heavy atom. The van der Waals surface area contributed by atoms with Crippen LogP contribution in [0.2, 0.25) is 0 Å². The van der Waals surface area contributed by atoms with E-state index in [0.717, 1.165) is 23.5 Å². The molecular weight excluding hydrogens is 294 g/mol. The van der Waals surface area contributed by atoms with Crippen LogP contribution in [0.3, 0.4) is 0 Å². The minimum atomic E-state index is -0.896. The van der Waals surface area contributed by atoms with Crippen molar-refractivity contribution in [3.8, 4) is 0 Å². The van der Waals surface area contributed by atoms with E-state index in [4.69, 9.17) is 0 Å². The van der Waals surface area contributed by atoms with Crippen molar-refractivity contribution in [3.63, 3.8) is 0 Å². The molecule has 0 radical (unpaired) electrons. The molecule has 0 aromatic carbocycles. The van der Waals surface area contributed by atoms with Crippen molar-refractivity contribution in [2.24, 2.45) is 11.8 Å². The second kappa shape index (κ2) is 6.98. The zero-order valence-electron chi connectivity index (χ0n) is 14.2. The lowest BCUT2D eigenvalue weighted by molar-refractivity contribution is -0.150. The van der Waals surface area contributed by atoms with E-state index in [0.29, 0.717) is 19.4 Å². The van der Waals surface area contributed by atoms with Gasteiger partial charge in [0.15, 0.2) is 0 Å². The van der Waals surface area contributed by atoms with Crippen LogP contribution >= 0.6 is 0 Å². The van der Waals surface area contributed by atoms with E-state index in [9.17, 15) is 14.7 Å². The van der Waals surface area contributed by atoms with E-state index in [1.54, 1.807) is 11.9 Å². The van der Waals surface area contributed by atoms with Gasteiger partial charge in [-0.25, -0.2) is 0 Å². The molecule has 2 rings (SSSR count). The predicted octanol–water partition coefficient (Wildman–Crippen LogP) is 2.15. The first kappa shape index (κ1) is 17.2. The summed E-state index contributed by atoms with van der Waals surface area (Å²) in [7, 11) is 1.74. The van der Waals surface area contributed by atoms with Crippen LogP contribution in [0.25, 0.3) is 0 Å². The zero-order chi connectivity index (χ0) is 17.1. The van der Waals surface area contributed by atoms with Gasteiger partial charge in [0.25, 0.3) is 0 Å². The van der Waals surface area contributed by atoms with Gasteiger partial charge in [-0.1, -0.05) is 12.2 Å². The Bertz CT molecular complexity index is 633. The first-order chi connectivity index (χ1) is 10.9. The summed E-state index contributed by atoms with van der Waals surface area (Å²) in [6.07, 6.45) is 4.67. The van der Waals surface area contributed by atoms with Crippen LogP contribution in [0.4, 0.5) is 0 Å². The van der Waals surface area contributed by atoms with Gasteiger partial charge in [-0.2, -0.15) is 5.10 Å². The van der Waals surface area contributed by atoms with Crippen molar-refractivity contribution in [2.75, 3.05) is 7.05 Å². The number of amides is 1. The highest BCUT2D eigenvalue weighted by Gasteiger charge is 2.35. The molecule has 2 atom stereocenters. The molecular formula is C17H25N3O3. The third-order valence-electron chi connectivity index (χ3n) is 4.67. The van der Waals surface area contributed by atoms with Crippen LogP contribution in [0, 0.1) is 25.7 Å². The molecule has 1 aliphatic carbocycles. The summed E-state index contributed by atoms with van der Waals surface area (Å²) < 4.78 is 1.92. The Kier molecular flexibility index (Phi) is 5.23. The number of carbonyl (C=O) groups is 2. The van der Waals surface area contributed by atoms with Gasteiger partial charge in [0, 0.05) is 31.4 Å². The summed E-state index contributed by atoms with van der Waals surface area (Å²) in [6.45, 7) is 7.22. The third-order valence-corrected chi connectivity index (χ3v) is 4.67. The lowest BCUT2D eigenvalue weighted by atomic mass is 9.82. The van der Waals surface area contributed by atoms with Crippen molar-refractivity contribution < 1.29 is 14.7 Å². The molecule has 1 amide bonds. The molecule has 1 aliphatic rings. The third kappa shape index (κ3) is 3.46.